The van der Waals surface area contributed by atoms with Crippen molar-refractivity contribution in [2.75, 3.05) is 19.5 Å². The maximum Gasteiger partial charge on any atom is 0.271 e. The van der Waals surface area contributed by atoms with Crippen LogP contribution in [0.3, 0.4) is 0 Å². The summed E-state index contributed by atoms with van der Waals surface area (Å²) in [5.41, 5.74) is 2.85. The Morgan fingerprint density at radius 1 is 1.04 bits per heavy atom. The second-order valence-corrected chi connectivity index (χ2v) is 11.5. The lowest BCUT2D eigenvalue weighted by Gasteiger charge is -2.26. The summed E-state index contributed by atoms with van der Waals surface area (Å²) < 4.78 is 19.0. The fourth-order valence-electron chi connectivity index (χ4n) is 5.36. The highest BCUT2D eigenvalue weighted by Gasteiger charge is 2.34. The van der Waals surface area contributed by atoms with Gasteiger partial charge in [-0.1, -0.05) is 35.6 Å². The zero-order valence-corrected chi connectivity index (χ0v) is 26.1. The number of carbonyl (C=O) groups is 1. The zero-order valence-electron chi connectivity index (χ0n) is 25.3. The van der Waals surface area contributed by atoms with Crippen molar-refractivity contribution >= 4 is 34.7 Å². The van der Waals surface area contributed by atoms with Crippen LogP contribution in [-0.2, 0) is 4.79 Å². The predicted molar refractivity (Wildman–Crippen MR) is 174 cm³/mol. The van der Waals surface area contributed by atoms with Gasteiger partial charge < -0.3 is 19.2 Å². The van der Waals surface area contributed by atoms with Gasteiger partial charge in [-0.2, -0.15) is 0 Å². The van der Waals surface area contributed by atoms with E-state index in [-0.39, 0.29) is 16.8 Å². The molecule has 0 unspecified atom stereocenters. The quantitative estimate of drug-likeness (QED) is 0.179. The summed E-state index contributed by atoms with van der Waals surface area (Å²) in [6.45, 7) is 3.57. The van der Waals surface area contributed by atoms with Gasteiger partial charge >= 0.3 is 0 Å². The molecule has 46 heavy (non-hydrogen) atoms. The van der Waals surface area contributed by atoms with Crippen molar-refractivity contribution in [1.82, 2.24) is 4.57 Å². The van der Waals surface area contributed by atoms with Gasteiger partial charge in [0, 0.05) is 41.1 Å². The molecule has 0 saturated heterocycles. The Morgan fingerprint density at radius 2 is 1.83 bits per heavy atom. The van der Waals surface area contributed by atoms with E-state index in [1.165, 1.54) is 23.8 Å². The van der Waals surface area contributed by atoms with Crippen molar-refractivity contribution in [3.05, 3.63) is 137 Å². The number of anilines is 1. The van der Waals surface area contributed by atoms with E-state index in [0.717, 1.165) is 16.9 Å². The normalized spacial score (nSPS) is 14.4. The molecule has 232 valence electrons. The Morgan fingerprint density at radius 3 is 2.54 bits per heavy atom. The van der Waals surface area contributed by atoms with Crippen LogP contribution < -0.4 is 29.7 Å². The molecule has 5 aromatic rings. The van der Waals surface area contributed by atoms with Crippen molar-refractivity contribution in [3.63, 3.8) is 0 Å². The van der Waals surface area contributed by atoms with Crippen molar-refractivity contribution < 1.29 is 23.6 Å². The lowest BCUT2D eigenvalue weighted by molar-refractivity contribution is -0.384. The van der Waals surface area contributed by atoms with Gasteiger partial charge in [0.25, 0.3) is 17.2 Å². The molecule has 11 nitrogen and oxygen atoms in total. The number of aryl methyl sites for hydroxylation is 1. The number of hydrogen-bond acceptors (Lipinski definition) is 9. The molecule has 1 aliphatic heterocycles. The van der Waals surface area contributed by atoms with Gasteiger partial charge in [-0.15, -0.1) is 0 Å². The second kappa shape index (κ2) is 12.3. The van der Waals surface area contributed by atoms with Crippen molar-refractivity contribution in [1.29, 1.82) is 0 Å². The molecule has 0 bridgehead atoms. The van der Waals surface area contributed by atoms with Crippen LogP contribution in [0.5, 0.6) is 11.5 Å². The molecule has 3 aromatic carbocycles. The van der Waals surface area contributed by atoms with Crippen LogP contribution in [0, 0.1) is 17.0 Å². The number of furan rings is 1. The molecule has 12 heteroatoms. The SMILES string of the molecule is COc1ccc([C@@H]2C(C(=O)Nc3ccccc3)=C(C)N=c3s/c(=C\c4ccc(-c5cc([N+](=O)[O-])ccc5C)o4)c(=O)n32)c(OC)c1. The topological polar surface area (TPSA) is 138 Å². The number of aromatic nitrogens is 1. The van der Waals surface area contributed by atoms with Crippen molar-refractivity contribution in [3.8, 4) is 22.8 Å². The number of nitrogens with one attached hydrogen (secondary N) is 1. The molecule has 1 N–H and O–H groups in total. The molecule has 0 aliphatic carbocycles. The third-order valence-electron chi connectivity index (χ3n) is 7.63. The van der Waals surface area contributed by atoms with E-state index in [1.54, 1.807) is 68.6 Å². The monoisotopic (exact) mass is 636 g/mol. The number of benzene rings is 3. The maximum absolute atomic E-state index is 14.2. The van der Waals surface area contributed by atoms with E-state index >= 15 is 0 Å². The number of nitro benzene ring substituents is 1. The number of thiazole rings is 1. The molecule has 0 saturated carbocycles. The summed E-state index contributed by atoms with van der Waals surface area (Å²) in [7, 11) is 3.06. The maximum atomic E-state index is 14.2. The lowest BCUT2D eigenvalue weighted by Crippen LogP contribution is -2.40. The molecule has 1 aliphatic rings. The minimum absolute atomic E-state index is 0.0525. The van der Waals surface area contributed by atoms with Crippen molar-refractivity contribution in [2.24, 2.45) is 4.99 Å². The smallest absolute Gasteiger partial charge is 0.271 e. The van der Waals surface area contributed by atoms with Crippen LogP contribution in [0.2, 0.25) is 0 Å². The van der Waals surface area contributed by atoms with E-state index in [1.807, 2.05) is 25.1 Å². The number of nitrogens with zero attached hydrogens (tertiary/aromatic N) is 3. The van der Waals surface area contributed by atoms with E-state index in [9.17, 15) is 19.7 Å². The number of amides is 1. The number of methoxy groups -OCH3 is 2. The summed E-state index contributed by atoms with van der Waals surface area (Å²) in [5.74, 6) is 1.38. The van der Waals surface area contributed by atoms with E-state index < -0.39 is 16.9 Å². The first-order valence-corrected chi connectivity index (χ1v) is 15.0. The van der Waals surface area contributed by atoms with Crippen LogP contribution >= 0.6 is 11.3 Å². The van der Waals surface area contributed by atoms with E-state index in [2.05, 4.69) is 10.3 Å². The van der Waals surface area contributed by atoms with Gasteiger partial charge in [0.2, 0.25) is 0 Å². The molecular weight excluding hydrogens is 608 g/mol. The highest BCUT2D eigenvalue weighted by atomic mass is 32.1. The minimum atomic E-state index is -0.873. The van der Waals surface area contributed by atoms with Gasteiger partial charge in [-0.25, -0.2) is 4.99 Å². The summed E-state index contributed by atoms with van der Waals surface area (Å²) in [6.07, 6.45) is 1.60. The van der Waals surface area contributed by atoms with Crippen molar-refractivity contribution in [2.45, 2.75) is 19.9 Å². The highest BCUT2D eigenvalue weighted by molar-refractivity contribution is 7.07. The fourth-order valence-corrected chi connectivity index (χ4v) is 6.39. The molecule has 1 amide bonds. The Kier molecular flexibility index (Phi) is 8.12. The summed E-state index contributed by atoms with van der Waals surface area (Å²) >= 11 is 1.16. The van der Waals surface area contributed by atoms with Gasteiger partial charge in [-0.05, 0) is 55.8 Å². The molecule has 1 atom stereocenters. The minimum Gasteiger partial charge on any atom is -0.497 e. The average molecular weight is 637 g/mol. The number of nitro groups is 1. The number of para-hydroxylation sites is 1. The van der Waals surface area contributed by atoms with Gasteiger partial charge in [0.1, 0.15) is 29.1 Å². The number of allylic oxidation sites excluding steroid dienone is 1. The molecule has 3 heterocycles. The largest absolute Gasteiger partial charge is 0.497 e. The predicted octanol–water partition coefficient (Wildman–Crippen LogP) is 5.37. The standard InChI is InChI=1S/C34H28N4O7S/c1-19-10-11-22(38(41)42)16-26(19)27-15-13-24(45-27)18-29-33(40)37-31(25-14-12-23(43-3)17-28(25)44-4)30(20(2)35-34(37)46-29)32(39)36-21-8-6-5-7-9-21/h5-18,31H,1-4H3,(H,36,39)/b29-18-/t31-/m1/s1. The molecular formula is C34H28N4O7S. The number of fused-ring (bicyclic) bond motifs is 1. The first kappa shape index (κ1) is 30.3. The Hall–Kier alpha value is -5.75. The summed E-state index contributed by atoms with van der Waals surface area (Å²) in [6, 6.07) is 21.3. The molecule has 6 rings (SSSR count). The molecule has 0 spiro atoms. The Bertz CT molecular complexity index is 2210. The van der Waals surface area contributed by atoms with E-state index in [0.29, 0.717) is 54.9 Å². The third-order valence-corrected chi connectivity index (χ3v) is 8.61. The van der Waals surface area contributed by atoms with Crippen LogP contribution in [0.4, 0.5) is 11.4 Å². The van der Waals surface area contributed by atoms with Gasteiger partial charge in [-0.3, -0.25) is 24.3 Å². The molecule has 0 radical (unpaired) electrons. The van der Waals surface area contributed by atoms with E-state index in [4.69, 9.17) is 13.9 Å². The Balaban J connectivity index is 1.48. The lowest BCUT2D eigenvalue weighted by atomic mass is 9.94. The second-order valence-electron chi connectivity index (χ2n) is 10.5. The Labute approximate surface area is 266 Å². The molecule has 0 fully saturated rings. The number of carbonyl (C=O) groups excluding carboxylic acids is 1. The van der Waals surface area contributed by atoms with Crippen LogP contribution in [-0.4, -0.2) is 29.6 Å². The van der Waals surface area contributed by atoms with Gasteiger partial charge in [0.15, 0.2) is 4.80 Å². The number of hydrogen-bond donors (Lipinski definition) is 1. The fraction of sp³-hybridized carbons (Fsp3) is 0.147. The first-order valence-electron chi connectivity index (χ1n) is 14.1. The van der Waals surface area contributed by atoms with Gasteiger partial charge in [0.05, 0.1) is 34.9 Å². The van der Waals surface area contributed by atoms with Crippen LogP contribution in [0.1, 0.15) is 29.9 Å². The summed E-state index contributed by atoms with van der Waals surface area (Å²) in [4.78, 5) is 44.0. The molecule has 2 aromatic heterocycles. The number of ether oxygens (including phenoxy) is 2. The first-order chi connectivity index (χ1) is 22.2. The zero-order chi connectivity index (χ0) is 32.5. The van der Waals surface area contributed by atoms with Crippen LogP contribution in [0.25, 0.3) is 17.4 Å². The number of non-ortho nitro benzene ring substituents is 1. The van der Waals surface area contributed by atoms with Crippen LogP contribution in [0.15, 0.2) is 104 Å². The average Bonchev–Trinajstić information content (AvgIpc) is 3.64. The highest BCUT2D eigenvalue weighted by Crippen LogP contribution is 2.38. The summed E-state index contributed by atoms with van der Waals surface area (Å²) in [5, 5.41) is 14.3. The number of rotatable bonds is 8. The third kappa shape index (κ3) is 5.61.